The van der Waals surface area contributed by atoms with Crippen molar-refractivity contribution >= 4 is 5.91 Å². The minimum atomic E-state index is -0.289. The van der Waals surface area contributed by atoms with E-state index in [1.807, 2.05) is 30.3 Å². The Morgan fingerprint density at radius 1 is 1.10 bits per heavy atom. The van der Waals surface area contributed by atoms with Gasteiger partial charge in [-0.05, 0) is 25.0 Å². The summed E-state index contributed by atoms with van der Waals surface area (Å²) >= 11 is 0. The number of amides is 1. The Morgan fingerprint density at radius 3 is 2.43 bits per heavy atom. The second-order valence-electron chi connectivity index (χ2n) is 6.48. The van der Waals surface area contributed by atoms with E-state index < -0.39 is 0 Å². The number of quaternary nitrogens is 1. The third kappa shape index (κ3) is 3.11. The number of nitrogens with zero attached hydrogens (tertiary/aromatic N) is 1. The highest BCUT2D eigenvalue weighted by Crippen LogP contribution is 2.31. The van der Waals surface area contributed by atoms with E-state index in [1.54, 1.807) is 0 Å². The SMILES string of the molecule is O=C(N[N@@+]1(C2CCCCC2)CC[C@@H](O)C1)c1ccccc1. The fraction of sp³-hybridized carbons (Fsp3) is 0.588. The molecule has 2 atom stereocenters. The van der Waals surface area contributed by atoms with Gasteiger partial charge in [-0.3, -0.25) is 4.79 Å². The first-order valence-corrected chi connectivity index (χ1v) is 8.12. The van der Waals surface area contributed by atoms with Gasteiger partial charge >= 0.3 is 0 Å². The van der Waals surface area contributed by atoms with Gasteiger partial charge in [0, 0.05) is 24.8 Å². The molecule has 1 aromatic carbocycles. The normalized spacial score (nSPS) is 30.2. The Labute approximate surface area is 126 Å². The largest absolute Gasteiger partial charge is 0.387 e. The molecule has 2 N–H and O–H groups in total. The lowest BCUT2D eigenvalue weighted by Gasteiger charge is -2.42. The van der Waals surface area contributed by atoms with Crippen LogP contribution in [0.3, 0.4) is 0 Å². The van der Waals surface area contributed by atoms with Crippen LogP contribution in [-0.2, 0) is 0 Å². The smallest absolute Gasteiger partial charge is 0.295 e. The van der Waals surface area contributed by atoms with Crippen LogP contribution in [0.15, 0.2) is 30.3 Å². The fourth-order valence-electron chi connectivity index (χ4n) is 3.89. The van der Waals surface area contributed by atoms with E-state index >= 15 is 0 Å². The Morgan fingerprint density at radius 2 is 1.81 bits per heavy atom. The molecule has 1 amide bonds. The highest BCUT2D eigenvalue weighted by atomic mass is 16.3. The maximum absolute atomic E-state index is 12.5. The molecule has 21 heavy (non-hydrogen) atoms. The summed E-state index contributed by atoms with van der Waals surface area (Å²) in [5, 5.41) is 10.0. The number of aliphatic hydroxyl groups excluding tert-OH is 1. The van der Waals surface area contributed by atoms with E-state index in [0.29, 0.717) is 22.7 Å². The highest BCUT2D eigenvalue weighted by molar-refractivity contribution is 5.93. The third-order valence-electron chi connectivity index (χ3n) is 5.03. The minimum absolute atomic E-state index is 0.0183. The molecule has 1 saturated heterocycles. The van der Waals surface area contributed by atoms with Gasteiger partial charge in [-0.25, -0.2) is 4.59 Å². The van der Waals surface area contributed by atoms with Crippen LogP contribution in [0.4, 0.5) is 0 Å². The molecule has 1 saturated carbocycles. The van der Waals surface area contributed by atoms with Crippen molar-refractivity contribution in [3.05, 3.63) is 35.9 Å². The summed E-state index contributed by atoms with van der Waals surface area (Å²) in [6.07, 6.45) is 6.58. The lowest BCUT2D eigenvalue weighted by Crippen LogP contribution is -2.64. The van der Waals surface area contributed by atoms with Crippen LogP contribution in [0.2, 0.25) is 0 Å². The summed E-state index contributed by atoms with van der Waals surface area (Å²) in [4.78, 5) is 12.5. The monoisotopic (exact) mass is 289 g/mol. The number of carbonyl (C=O) groups is 1. The predicted octanol–water partition coefficient (Wildman–Crippen LogP) is 2.25. The van der Waals surface area contributed by atoms with Crippen LogP contribution < -0.4 is 5.43 Å². The maximum Gasteiger partial charge on any atom is 0.295 e. The van der Waals surface area contributed by atoms with E-state index in [1.165, 1.54) is 19.3 Å². The summed E-state index contributed by atoms with van der Waals surface area (Å²) in [7, 11) is 0. The van der Waals surface area contributed by atoms with Gasteiger partial charge in [0.05, 0.1) is 0 Å². The molecule has 2 fully saturated rings. The van der Waals surface area contributed by atoms with Crippen LogP contribution in [-0.4, -0.2) is 40.8 Å². The van der Waals surface area contributed by atoms with E-state index in [2.05, 4.69) is 5.43 Å². The number of rotatable bonds is 3. The average molecular weight is 289 g/mol. The lowest BCUT2D eigenvalue weighted by molar-refractivity contribution is -0.974. The van der Waals surface area contributed by atoms with Gasteiger partial charge in [-0.1, -0.05) is 24.6 Å². The Hall–Kier alpha value is -1.39. The topological polar surface area (TPSA) is 49.3 Å². The van der Waals surface area contributed by atoms with Gasteiger partial charge in [0.15, 0.2) is 0 Å². The summed E-state index contributed by atoms with van der Waals surface area (Å²) in [5.74, 6) is -0.0183. The molecule has 1 aliphatic heterocycles. The molecule has 0 spiro atoms. The molecule has 1 aromatic rings. The molecule has 1 aliphatic carbocycles. The number of aliphatic hydroxyl groups is 1. The van der Waals surface area contributed by atoms with Gasteiger partial charge in [-0.2, -0.15) is 5.43 Å². The summed E-state index contributed by atoms with van der Waals surface area (Å²) in [6.45, 7) is 1.51. The first-order chi connectivity index (χ1) is 10.2. The van der Waals surface area contributed by atoms with Crippen molar-refractivity contribution in [2.45, 2.75) is 50.7 Å². The number of hydrogen-bond acceptors (Lipinski definition) is 2. The predicted molar refractivity (Wildman–Crippen MR) is 81.4 cm³/mol. The lowest BCUT2D eigenvalue weighted by atomic mass is 9.93. The molecule has 1 heterocycles. The quantitative estimate of drug-likeness (QED) is 0.839. The second-order valence-corrected chi connectivity index (χ2v) is 6.48. The van der Waals surface area contributed by atoms with Crippen molar-refractivity contribution in [3.8, 4) is 0 Å². The van der Waals surface area contributed by atoms with Crippen molar-refractivity contribution in [2.24, 2.45) is 0 Å². The summed E-state index contributed by atoms with van der Waals surface area (Å²) < 4.78 is 0.578. The molecule has 114 valence electrons. The maximum atomic E-state index is 12.5. The Balaban J connectivity index is 1.78. The zero-order valence-corrected chi connectivity index (χ0v) is 12.5. The minimum Gasteiger partial charge on any atom is -0.387 e. The number of carbonyl (C=O) groups excluding carboxylic acids is 1. The van der Waals surface area contributed by atoms with E-state index in [4.69, 9.17) is 0 Å². The first-order valence-electron chi connectivity index (χ1n) is 8.12. The van der Waals surface area contributed by atoms with Crippen LogP contribution >= 0.6 is 0 Å². The van der Waals surface area contributed by atoms with E-state index in [0.717, 1.165) is 25.8 Å². The second kappa shape index (κ2) is 6.16. The number of likely N-dealkylation sites (tertiary alicyclic amines) is 1. The van der Waals surface area contributed by atoms with Crippen molar-refractivity contribution in [2.75, 3.05) is 13.1 Å². The van der Waals surface area contributed by atoms with Crippen molar-refractivity contribution in [1.82, 2.24) is 5.43 Å². The van der Waals surface area contributed by atoms with Gasteiger partial charge < -0.3 is 5.11 Å². The molecule has 0 aromatic heterocycles. The summed E-state index contributed by atoms with van der Waals surface area (Å²) in [6, 6.07) is 9.85. The summed E-state index contributed by atoms with van der Waals surface area (Å²) in [5.41, 5.74) is 3.95. The van der Waals surface area contributed by atoms with E-state index in [9.17, 15) is 9.90 Å². The van der Waals surface area contributed by atoms with Crippen molar-refractivity contribution < 1.29 is 14.5 Å². The van der Waals surface area contributed by atoms with Gasteiger partial charge in [0.25, 0.3) is 5.91 Å². The molecule has 4 heteroatoms. The fourth-order valence-corrected chi connectivity index (χ4v) is 3.89. The Kier molecular flexibility index (Phi) is 4.27. The van der Waals surface area contributed by atoms with Gasteiger partial charge in [0.2, 0.25) is 0 Å². The molecular weight excluding hydrogens is 264 g/mol. The molecule has 4 nitrogen and oxygen atoms in total. The van der Waals surface area contributed by atoms with Crippen LogP contribution in [0, 0.1) is 0 Å². The van der Waals surface area contributed by atoms with Crippen molar-refractivity contribution in [3.63, 3.8) is 0 Å². The number of benzene rings is 1. The third-order valence-corrected chi connectivity index (χ3v) is 5.03. The van der Waals surface area contributed by atoms with Crippen molar-refractivity contribution in [1.29, 1.82) is 0 Å². The number of hydrogen-bond donors (Lipinski definition) is 2. The van der Waals surface area contributed by atoms with Crippen LogP contribution in [0.25, 0.3) is 0 Å². The first kappa shape index (κ1) is 14.5. The van der Waals surface area contributed by atoms with Gasteiger partial charge in [-0.15, -0.1) is 0 Å². The van der Waals surface area contributed by atoms with Crippen LogP contribution in [0.1, 0.15) is 48.9 Å². The zero-order chi connectivity index (χ0) is 14.7. The van der Waals surface area contributed by atoms with E-state index in [-0.39, 0.29) is 12.0 Å². The van der Waals surface area contributed by atoms with Gasteiger partial charge in [0.1, 0.15) is 25.2 Å². The molecule has 3 rings (SSSR count). The Bertz CT molecular complexity index is 485. The molecule has 2 aliphatic rings. The molecular formula is C17H25N2O2+. The number of nitrogens with one attached hydrogen (secondary N) is 1. The molecule has 0 bridgehead atoms. The molecule has 0 unspecified atom stereocenters. The zero-order valence-electron chi connectivity index (χ0n) is 12.5. The molecule has 0 radical (unpaired) electrons. The standard InChI is InChI=1S/C17H24N2O2/c20-16-11-12-19(13-16,15-9-5-2-6-10-15)18-17(21)14-7-3-1-4-8-14/h1,3-4,7-8,15-16,20H,2,5-6,9-13H2/p+1/t16-,19+/m1/s1. The highest BCUT2D eigenvalue weighted by Gasteiger charge is 2.46. The van der Waals surface area contributed by atoms with Crippen LogP contribution in [0.5, 0.6) is 0 Å². The average Bonchev–Trinajstić information content (AvgIpc) is 2.91.